The number of fused-ring (bicyclic) bond motifs is 3. The zero-order valence-electron chi connectivity index (χ0n) is 21.1. The van der Waals surface area contributed by atoms with Crippen molar-refractivity contribution in [3.63, 3.8) is 0 Å². The van der Waals surface area contributed by atoms with Gasteiger partial charge < -0.3 is 18.9 Å². The van der Waals surface area contributed by atoms with Crippen LogP contribution in [0, 0.1) is 0 Å². The summed E-state index contributed by atoms with van der Waals surface area (Å²) < 4.78 is 24.0. The van der Waals surface area contributed by atoms with E-state index in [4.69, 9.17) is 18.9 Å². The molecule has 3 aromatic rings. The molecule has 2 heterocycles. The van der Waals surface area contributed by atoms with Crippen LogP contribution in [0.5, 0.6) is 5.88 Å². The molecule has 0 radical (unpaired) electrons. The largest absolute Gasteiger partial charge is 0.497 e. The molecule has 0 N–H and O–H groups in total. The van der Waals surface area contributed by atoms with Gasteiger partial charge in [0.1, 0.15) is 18.1 Å². The van der Waals surface area contributed by atoms with Crippen molar-refractivity contribution in [1.29, 1.82) is 0 Å². The van der Waals surface area contributed by atoms with Crippen LogP contribution in [-0.2, 0) is 30.4 Å². The van der Waals surface area contributed by atoms with Gasteiger partial charge in [0.05, 0.1) is 36.8 Å². The fourth-order valence-electron chi connectivity index (χ4n) is 4.40. The third-order valence-corrected chi connectivity index (χ3v) is 5.87. The Kier molecular flexibility index (Phi) is 8.08. The highest BCUT2D eigenvalue weighted by Gasteiger charge is 2.36. The molecule has 0 fully saturated rings. The molecule has 1 unspecified atom stereocenters. The summed E-state index contributed by atoms with van der Waals surface area (Å²) >= 11 is 0. The minimum atomic E-state index is -0.584. The van der Waals surface area contributed by atoms with Gasteiger partial charge in [0.2, 0.25) is 11.8 Å². The number of hydrogen-bond acceptors (Lipinski definition) is 7. The summed E-state index contributed by atoms with van der Waals surface area (Å²) in [5, 5.41) is 0.790. The van der Waals surface area contributed by atoms with Crippen LogP contribution in [0.1, 0.15) is 49.0 Å². The van der Waals surface area contributed by atoms with Gasteiger partial charge in [-0.3, -0.25) is 4.79 Å². The third-order valence-electron chi connectivity index (χ3n) is 5.87. The number of ether oxygens (including phenoxy) is 4. The van der Waals surface area contributed by atoms with Crippen molar-refractivity contribution in [2.75, 3.05) is 13.2 Å². The first-order chi connectivity index (χ1) is 17.9. The Balaban J connectivity index is 1.78. The quantitative estimate of drug-likeness (QED) is 0.235. The van der Waals surface area contributed by atoms with E-state index < -0.39 is 17.9 Å². The van der Waals surface area contributed by atoms with Crippen molar-refractivity contribution in [3.8, 4) is 5.88 Å². The van der Waals surface area contributed by atoms with E-state index >= 15 is 0 Å². The number of benzene rings is 2. The van der Waals surface area contributed by atoms with Gasteiger partial charge in [-0.25, -0.2) is 14.2 Å². The Morgan fingerprint density at radius 2 is 1.65 bits per heavy atom. The summed E-state index contributed by atoms with van der Waals surface area (Å²) in [7, 11) is 0. The fraction of sp³-hybridized carbons (Fsp3) is 0.276. The zero-order chi connectivity index (χ0) is 26.4. The van der Waals surface area contributed by atoms with Crippen LogP contribution in [0.25, 0.3) is 10.9 Å². The molecule has 1 aromatic heterocycles. The molecule has 1 aliphatic heterocycles. The van der Waals surface area contributed by atoms with Crippen molar-refractivity contribution in [1.82, 2.24) is 4.57 Å². The average molecular weight is 504 g/mol. The maximum atomic E-state index is 12.7. The zero-order valence-corrected chi connectivity index (χ0v) is 21.1. The van der Waals surface area contributed by atoms with Crippen molar-refractivity contribution >= 4 is 28.7 Å². The first-order valence-electron chi connectivity index (χ1n) is 12.2. The summed E-state index contributed by atoms with van der Waals surface area (Å²) in [5.74, 6) is -0.957. The second-order valence-electron chi connectivity index (χ2n) is 8.38. The number of allylic oxidation sites excluding steroid dienone is 2. The molecule has 2 aromatic carbocycles. The predicted molar refractivity (Wildman–Crippen MR) is 137 cm³/mol. The number of hydrogen-bond donors (Lipinski definition) is 0. The number of carbonyl (C=O) groups is 3. The predicted octanol–water partition coefficient (Wildman–Crippen LogP) is 5.28. The second kappa shape index (κ2) is 11.6. The molecule has 1 atom stereocenters. The van der Waals surface area contributed by atoms with Crippen LogP contribution < -0.4 is 4.74 Å². The summed E-state index contributed by atoms with van der Waals surface area (Å²) in [6.45, 7) is 5.61. The van der Waals surface area contributed by atoms with Crippen molar-refractivity contribution < 1.29 is 33.3 Å². The van der Waals surface area contributed by atoms with E-state index in [1.165, 1.54) is 23.6 Å². The summed E-state index contributed by atoms with van der Waals surface area (Å²) in [4.78, 5) is 37.8. The normalized spacial score (nSPS) is 16.1. The molecule has 0 aliphatic carbocycles. The average Bonchev–Trinajstić information content (AvgIpc) is 3.22. The minimum Gasteiger partial charge on any atom is -0.497 e. The van der Waals surface area contributed by atoms with Gasteiger partial charge in [-0.2, -0.15) is 0 Å². The van der Waals surface area contributed by atoms with Crippen LogP contribution in [0.15, 0.2) is 78.3 Å². The monoisotopic (exact) mass is 503 g/mol. The topological polar surface area (TPSA) is 93.1 Å². The molecule has 0 saturated carbocycles. The molecular formula is C29H29NO7. The molecular weight excluding hydrogens is 474 g/mol. The van der Waals surface area contributed by atoms with Gasteiger partial charge >= 0.3 is 11.9 Å². The van der Waals surface area contributed by atoms with E-state index in [-0.39, 0.29) is 37.2 Å². The van der Waals surface area contributed by atoms with E-state index in [1.807, 2.05) is 61.5 Å². The molecule has 8 heteroatoms. The lowest BCUT2D eigenvalue weighted by atomic mass is 9.89. The second-order valence-corrected chi connectivity index (χ2v) is 8.38. The third kappa shape index (κ3) is 5.74. The van der Waals surface area contributed by atoms with Gasteiger partial charge in [-0.15, -0.1) is 0 Å². The van der Waals surface area contributed by atoms with E-state index in [0.29, 0.717) is 23.4 Å². The van der Waals surface area contributed by atoms with Crippen LogP contribution in [-0.4, -0.2) is 35.6 Å². The maximum absolute atomic E-state index is 12.7. The van der Waals surface area contributed by atoms with Crippen molar-refractivity contribution in [3.05, 3.63) is 89.4 Å². The summed E-state index contributed by atoms with van der Waals surface area (Å²) in [6, 6.07) is 16.7. The van der Waals surface area contributed by atoms with Crippen molar-refractivity contribution in [2.45, 2.75) is 39.7 Å². The molecule has 1 aliphatic rings. The molecule has 0 spiro atoms. The van der Waals surface area contributed by atoms with Gasteiger partial charge in [0.25, 0.3) is 0 Å². The fourth-order valence-corrected chi connectivity index (χ4v) is 4.40. The van der Waals surface area contributed by atoms with Crippen LogP contribution in [0.4, 0.5) is 0 Å². The first kappa shape index (κ1) is 25.8. The number of rotatable bonds is 8. The van der Waals surface area contributed by atoms with Crippen LogP contribution in [0.2, 0.25) is 0 Å². The number of nitrogens with zero attached hydrogens (tertiary/aromatic N) is 1. The Labute approximate surface area is 215 Å². The van der Waals surface area contributed by atoms with Crippen LogP contribution >= 0.6 is 0 Å². The molecule has 8 nitrogen and oxygen atoms in total. The van der Waals surface area contributed by atoms with E-state index in [0.717, 1.165) is 10.9 Å². The lowest BCUT2D eigenvalue weighted by molar-refractivity contribution is -0.139. The van der Waals surface area contributed by atoms with E-state index in [2.05, 4.69) is 0 Å². The smallest absolute Gasteiger partial charge is 0.334 e. The number of carbonyl (C=O) groups excluding carboxylic acids is 3. The van der Waals surface area contributed by atoms with Gasteiger partial charge in [0.15, 0.2) is 0 Å². The van der Waals surface area contributed by atoms with E-state index in [9.17, 15) is 14.4 Å². The summed E-state index contributed by atoms with van der Waals surface area (Å²) in [6.07, 6.45) is 2.80. The number of esters is 2. The van der Waals surface area contributed by atoms with Gasteiger partial charge in [-0.05, 0) is 25.5 Å². The molecule has 0 amide bonds. The standard InChI is InChI=1S/C29H29NO7/c1-4-34-25(17-27(33)35-5-2)23-15-21(16-26(32)36-18-20-11-7-6-8-12-20)37-29-28(23)22-13-9-10-14-24(22)30(29)19(3)31/h6-14,16-17,23H,4-5,15,18H2,1-3H3/b21-16-,25-17+. The molecule has 0 saturated heterocycles. The van der Waals surface area contributed by atoms with Crippen LogP contribution in [0.3, 0.4) is 0 Å². The lowest BCUT2D eigenvalue weighted by Crippen LogP contribution is -2.20. The Morgan fingerprint density at radius 3 is 2.35 bits per heavy atom. The highest BCUT2D eigenvalue weighted by atomic mass is 16.5. The molecule has 0 bridgehead atoms. The Morgan fingerprint density at radius 1 is 0.946 bits per heavy atom. The van der Waals surface area contributed by atoms with Gasteiger partial charge in [-0.1, -0.05) is 48.5 Å². The SMILES string of the molecule is CCOC(=O)/C=C(/OCC)C1C/C(=C/C(=O)OCc2ccccc2)Oc2c1c1ccccc1n2C(C)=O. The maximum Gasteiger partial charge on any atom is 0.334 e. The van der Waals surface area contributed by atoms with Gasteiger partial charge in [0, 0.05) is 24.3 Å². The van der Waals surface area contributed by atoms with E-state index in [1.54, 1.807) is 6.92 Å². The molecule has 37 heavy (non-hydrogen) atoms. The Bertz CT molecular complexity index is 1370. The number of para-hydroxylation sites is 1. The summed E-state index contributed by atoms with van der Waals surface area (Å²) in [5.41, 5.74) is 2.21. The molecule has 192 valence electrons. The lowest BCUT2D eigenvalue weighted by Gasteiger charge is -2.28. The molecule has 4 rings (SSSR count). The number of aromatic nitrogens is 1. The van der Waals surface area contributed by atoms with Crippen molar-refractivity contribution in [2.24, 2.45) is 0 Å². The first-order valence-corrected chi connectivity index (χ1v) is 12.2. The minimum absolute atomic E-state index is 0.110. The highest BCUT2D eigenvalue weighted by molar-refractivity contribution is 5.98. The Hall–Kier alpha value is -4.33. The highest BCUT2D eigenvalue weighted by Crippen LogP contribution is 2.47.